The van der Waals surface area contributed by atoms with Crippen LogP contribution in [-0.4, -0.2) is 28.9 Å². The Morgan fingerprint density at radius 3 is 2.62 bits per heavy atom. The van der Waals surface area contributed by atoms with Crippen molar-refractivity contribution in [1.82, 2.24) is 4.98 Å². The number of nitrogens with zero attached hydrogens (tertiary/aromatic N) is 1. The number of carboxylic acid groups (broad SMARTS) is 1. The number of hydrogen-bond acceptors (Lipinski definition) is 6. The molecule has 1 aromatic heterocycles. The van der Waals surface area contributed by atoms with E-state index in [2.05, 4.69) is 15.0 Å². The molecule has 0 spiro atoms. The molecule has 0 aliphatic carbocycles. The van der Waals surface area contributed by atoms with Crippen molar-refractivity contribution in [2.45, 2.75) is 11.0 Å². The van der Waals surface area contributed by atoms with Gasteiger partial charge in [-0.25, -0.2) is 9.78 Å². The third kappa shape index (κ3) is 4.05. The molecular formula is C12H10F2N2O3S2. The van der Waals surface area contributed by atoms with Crippen LogP contribution in [-0.2, 0) is 0 Å². The van der Waals surface area contributed by atoms with E-state index < -0.39 is 12.6 Å². The maximum Gasteiger partial charge on any atom is 0.387 e. The molecule has 0 atom stereocenters. The molecule has 1 aromatic carbocycles. The quantitative estimate of drug-likeness (QED) is 0.782. The molecule has 0 aliphatic heterocycles. The highest BCUT2D eigenvalue weighted by Crippen LogP contribution is 2.31. The van der Waals surface area contributed by atoms with Crippen molar-refractivity contribution in [3.05, 3.63) is 29.1 Å². The number of aromatic carboxylic acids is 1. The van der Waals surface area contributed by atoms with Crippen molar-refractivity contribution in [2.24, 2.45) is 0 Å². The minimum absolute atomic E-state index is 0.0251. The van der Waals surface area contributed by atoms with Crippen molar-refractivity contribution < 1.29 is 23.4 Å². The summed E-state index contributed by atoms with van der Waals surface area (Å²) in [5.74, 6) is -0.829. The van der Waals surface area contributed by atoms with E-state index in [1.54, 1.807) is 6.26 Å². The van der Waals surface area contributed by atoms with Crippen molar-refractivity contribution in [1.29, 1.82) is 0 Å². The Morgan fingerprint density at radius 1 is 1.43 bits per heavy atom. The van der Waals surface area contributed by atoms with Crippen molar-refractivity contribution >= 4 is 40.6 Å². The van der Waals surface area contributed by atoms with Gasteiger partial charge in [-0.2, -0.15) is 8.78 Å². The second kappa shape index (κ2) is 6.72. The Kier molecular flexibility index (Phi) is 4.97. The number of anilines is 2. The van der Waals surface area contributed by atoms with Crippen LogP contribution in [0.15, 0.2) is 28.6 Å². The number of thioether (sulfide) groups is 1. The maximum absolute atomic E-state index is 12.0. The van der Waals surface area contributed by atoms with Gasteiger partial charge in [0.15, 0.2) is 15.0 Å². The summed E-state index contributed by atoms with van der Waals surface area (Å²) < 4.78 is 28.9. The van der Waals surface area contributed by atoms with Gasteiger partial charge in [-0.05, 0) is 30.5 Å². The molecule has 0 radical (unpaired) electrons. The zero-order valence-electron chi connectivity index (χ0n) is 10.7. The van der Waals surface area contributed by atoms with E-state index in [1.165, 1.54) is 36.0 Å². The highest BCUT2D eigenvalue weighted by molar-refractivity contribution is 8.00. The van der Waals surface area contributed by atoms with Crippen molar-refractivity contribution in [2.75, 3.05) is 11.6 Å². The number of benzene rings is 1. The molecule has 9 heteroatoms. The minimum atomic E-state index is -2.88. The summed E-state index contributed by atoms with van der Waals surface area (Å²) in [4.78, 5) is 15.4. The van der Waals surface area contributed by atoms with Crippen LogP contribution in [0.1, 0.15) is 9.67 Å². The molecule has 0 aliphatic rings. The van der Waals surface area contributed by atoms with E-state index in [0.717, 1.165) is 11.3 Å². The molecule has 0 saturated carbocycles. The topological polar surface area (TPSA) is 71.5 Å². The Bertz CT molecular complexity index is 632. The fraction of sp³-hybridized carbons (Fsp3) is 0.167. The van der Waals surface area contributed by atoms with Crippen LogP contribution in [0.2, 0.25) is 0 Å². The lowest BCUT2D eigenvalue weighted by Gasteiger charge is -2.07. The summed E-state index contributed by atoms with van der Waals surface area (Å²) in [6.07, 6.45) is 1.80. The monoisotopic (exact) mass is 332 g/mol. The minimum Gasteiger partial charge on any atom is -0.477 e. The second-order valence-electron chi connectivity index (χ2n) is 3.69. The SMILES string of the molecule is CSc1nc(Nc2ccc(OC(F)F)cc2)c(C(=O)O)s1. The van der Waals surface area contributed by atoms with Crippen molar-refractivity contribution in [3.8, 4) is 5.75 Å². The highest BCUT2D eigenvalue weighted by atomic mass is 32.2. The molecule has 2 rings (SSSR count). The molecule has 0 saturated heterocycles. The average molecular weight is 332 g/mol. The number of aromatic nitrogens is 1. The first-order valence-corrected chi connectivity index (χ1v) is 7.63. The third-order valence-electron chi connectivity index (χ3n) is 2.32. The first kappa shape index (κ1) is 15.5. The van der Waals surface area contributed by atoms with Gasteiger partial charge in [0.05, 0.1) is 0 Å². The molecule has 0 fully saturated rings. The van der Waals surface area contributed by atoms with E-state index in [0.29, 0.717) is 10.0 Å². The molecular weight excluding hydrogens is 322 g/mol. The summed E-state index contributed by atoms with van der Waals surface area (Å²) in [6.45, 7) is -2.88. The van der Waals surface area contributed by atoms with E-state index in [-0.39, 0.29) is 16.4 Å². The van der Waals surface area contributed by atoms with Crippen LogP contribution in [0.3, 0.4) is 0 Å². The first-order chi connectivity index (χ1) is 9.99. The molecule has 112 valence electrons. The average Bonchev–Trinajstić information content (AvgIpc) is 2.84. The third-order valence-corrected chi connectivity index (χ3v) is 4.35. The molecule has 2 N–H and O–H groups in total. The van der Waals surface area contributed by atoms with Crippen LogP contribution in [0.5, 0.6) is 5.75 Å². The molecule has 0 unspecified atom stereocenters. The number of ether oxygens (including phenoxy) is 1. The molecule has 0 amide bonds. The molecule has 5 nitrogen and oxygen atoms in total. The van der Waals surface area contributed by atoms with Crippen molar-refractivity contribution in [3.63, 3.8) is 0 Å². The lowest BCUT2D eigenvalue weighted by atomic mass is 10.3. The number of thiazole rings is 1. The maximum atomic E-state index is 12.0. The number of alkyl halides is 2. The van der Waals surface area contributed by atoms with Gasteiger partial charge < -0.3 is 15.2 Å². The first-order valence-electron chi connectivity index (χ1n) is 5.59. The highest BCUT2D eigenvalue weighted by Gasteiger charge is 2.17. The number of carboxylic acids is 1. The fourth-order valence-corrected chi connectivity index (χ4v) is 2.83. The lowest BCUT2D eigenvalue weighted by molar-refractivity contribution is -0.0498. The number of hydrogen-bond donors (Lipinski definition) is 2. The smallest absolute Gasteiger partial charge is 0.387 e. The number of nitrogens with one attached hydrogen (secondary N) is 1. The van der Waals surface area contributed by atoms with Crippen LogP contribution in [0.25, 0.3) is 0 Å². The molecule has 1 heterocycles. The Morgan fingerprint density at radius 2 is 2.10 bits per heavy atom. The van der Waals surface area contributed by atoms with E-state index in [9.17, 15) is 13.6 Å². The summed E-state index contributed by atoms with van der Waals surface area (Å²) in [7, 11) is 0. The number of halogens is 2. The van der Waals surface area contributed by atoms with Gasteiger partial charge in [-0.3, -0.25) is 0 Å². The molecule has 21 heavy (non-hydrogen) atoms. The van der Waals surface area contributed by atoms with Crippen LogP contribution < -0.4 is 10.1 Å². The standard InChI is InChI=1S/C12H10F2N2O3S2/c1-20-12-16-9(8(21-12)10(17)18)15-6-2-4-7(5-3-6)19-11(13)14/h2-5,11,15H,1H3,(H,17,18). The van der Waals surface area contributed by atoms with Crippen LogP contribution in [0.4, 0.5) is 20.3 Å². The van der Waals surface area contributed by atoms with Gasteiger partial charge in [-0.15, -0.1) is 0 Å². The summed E-state index contributed by atoms with van der Waals surface area (Å²) >= 11 is 2.41. The van der Waals surface area contributed by atoms with E-state index in [1.807, 2.05) is 0 Å². The van der Waals surface area contributed by atoms with E-state index >= 15 is 0 Å². The Labute approximate surface area is 127 Å². The van der Waals surface area contributed by atoms with Crippen LogP contribution in [0, 0.1) is 0 Å². The molecule has 2 aromatic rings. The normalized spacial score (nSPS) is 10.7. The van der Waals surface area contributed by atoms with Gasteiger partial charge in [0, 0.05) is 5.69 Å². The molecule has 0 bridgehead atoms. The predicted molar refractivity (Wildman–Crippen MR) is 77.2 cm³/mol. The van der Waals surface area contributed by atoms with Crippen LogP contribution >= 0.6 is 23.1 Å². The second-order valence-corrected chi connectivity index (χ2v) is 5.75. The predicted octanol–water partition coefficient (Wildman–Crippen LogP) is 3.91. The van der Waals surface area contributed by atoms with Gasteiger partial charge in [-0.1, -0.05) is 23.1 Å². The summed E-state index contributed by atoms with van der Waals surface area (Å²) in [5.41, 5.74) is 0.525. The fourth-order valence-electron chi connectivity index (χ4n) is 1.47. The Balaban J connectivity index is 2.18. The van der Waals surface area contributed by atoms with Gasteiger partial charge in [0.2, 0.25) is 0 Å². The summed E-state index contributed by atoms with van der Waals surface area (Å²) in [6, 6.07) is 5.72. The number of rotatable bonds is 6. The van der Waals surface area contributed by atoms with Gasteiger partial charge in [0.25, 0.3) is 0 Å². The zero-order valence-corrected chi connectivity index (χ0v) is 12.3. The zero-order chi connectivity index (χ0) is 15.4. The number of carbonyl (C=O) groups is 1. The van der Waals surface area contributed by atoms with E-state index in [4.69, 9.17) is 5.11 Å². The lowest BCUT2D eigenvalue weighted by Crippen LogP contribution is -2.02. The van der Waals surface area contributed by atoms with Gasteiger partial charge in [0.1, 0.15) is 5.75 Å². The Hall–Kier alpha value is -1.87. The largest absolute Gasteiger partial charge is 0.477 e. The summed E-state index contributed by atoms with van der Waals surface area (Å²) in [5, 5.41) is 12.0. The van der Waals surface area contributed by atoms with Gasteiger partial charge >= 0.3 is 12.6 Å².